The van der Waals surface area contributed by atoms with E-state index in [-0.39, 0.29) is 5.91 Å². The van der Waals surface area contributed by atoms with Crippen molar-refractivity contribution in [2.75, 3.05) is 13.2 Å². The molecule has 78 valence electrons. The van der Waals surface area contributed by atoms with Crippen LogP contribution in [0.4, 0.5) is 0 Å². The van der Waals surface area contributed by atoms with Crippen LogP contribution in [0.25, 0.3) is 0 Å². The topological polar surface area (TPSA) is 52.3 Å². The summed E-state index contributed by atoms with van der Waals surface area (Å²) in [5.74, 6) is -0.292. The molecule has 0 saturated heterocycles. The van der Waals surface area contributed by atoms with E-state index in [4.69, 9.17) is 10.5 Å². The Morgan fingerprint density at radius 2 is 2.14 bits per heavy atom. The van der Waals surface area contributed by atoms with Crippen LogP contribution in [0.15, 0.2) is 37.0 Å². The molecule has 0 aromatic carbocycles. The van der Waals surface area contributed by atoms with E-state index in [9.17, 15) is 4.79 Å². The SMILES string of the molecule is C=C/C=C(\C=C)COCCCC(N)=O. The number of carbonyl (C=O) groups is 1. The van der Waals surface area contributed by atoms with Crippen molar-refractivity contribution in [1.82, 2.24) is 0 Å². The van der Waals surface area contributed by atoms with Gasteiger partial charge in [0, 0.05) is 13.0 Å². The van der Waals surface area contributed by atoms with Gasteiger partial charge in [-0.1, -0.05) is 31.4 Å². The van der Waals surface area contributed by atoms with Crippen LogP contribution < -0.4 is 5.73 Å². The number of carbonyl (C=O) groups excluding carboxylic acids is 1. The molecule has 0 fully saturated rings. The number of rotatable bonds is 8. The van der Waals surface area contributed by atoms with Crippen molar-refractivity contribution < 1.29 is 9.53 Å². The summed E-state index contributed by atoms with van der Waals surface area (Å²) in [7, 11) is 0. The Labute approximate surface area is 84.9 Å². The Bertz CT molecular complexity index is 231. The maximum Gasteiger partial charge on any atom is 0.217 e. The number of allylic oxidation sites excluding steroid dienone is 2. The molecule has 0 bridgehead atoms. The van der Waals surface area contributed by atoms with Crippen molar-refractivity contribution in [1.29, 1.82) is 0 Å². The third-order valence-electron chi connectivity index (χ3n) is 1.57. The summed E-state index contributed by atoms with van der Waals surface area (Å²) in [5.41, 5.74) is 5.94. The minimum atomic E-state index is -0.292. The van der Waals surface area contributed by atoms with Crippen LogP contribution in [0.3, 0.4) is 0 Å². The van der Waals surface area contributed by atoms with Crippen LogP contribution in [0, 0.1) is 0 Å². The molecule has 0 aromatic heterocycles. The van der Waals surface area contributed by atoms with Gasteiger partial charge in [0.1, 0.15) is 0 Å². The molecule has 0 aromatic rings. The standard InChI is InChI=1S/C11H17NO2/c1-3-6-10(4-2)9-14-8-5-7-11(12)13/h3-4,6H,1-2,5,7-9H2,(H2,12,13)/b10-6+. The number of nitrogens with two attached hydrogens (primary N) is 1. The van der Waals surface area contributed by atoms with Crippen LogP contribution in [0.5, 0.6) is 0 Å². The van der Waals surface area contributed by atoms with Crippen molar-refractivity contribution in [2.45, 2.75) is 12.8 Å². The Morgan fingerprint density at radius 1 is 1.43 bits per heavy atom. The van der Waals surface area contributed by atoms with E-state index in [1.807, 2.05) is 6.08 Å². The normalized spacial score (nSPS) is 11.0. The average Bonchev–Trinajstić information content (AvgIpc) is 2.15. The summed E-state index contributed by atoms with van der Waals surface area (Å²) < 4.78 is 5.29. The molecule has 0 radical (unpaired) electrons. The third kappa shape index (κ3) is 7.31. The predicted octanol–water partition coefficient (Wildman–Crippen LogP) is 1.57. The number of hydrogen-bond donors (Lipinski definition) is 1. The molecule has 0 aliphatic rings. The van der Waals surface area contributed by atoms with Gasteiger partial charge >= 0.3 is 0 Å². The minimum Gasteiger partial charge on any atom is -0.377 e. The number of ether oxygens (including phenoxy) is 1. The molecule has 0 atom stereocenters. The summed E-state index contributed by atoms with van der Waals surface area (Å²) in [4.78, 5) is 10.4. The van der Waals surface area contributed by atoms with Gasteiger partial charge in [0.25, 0.3) is 0 Å². The van der Waals surface area contributed by atoms with Crippen LogP contribution in [-0.2, 0) is 9.53 Å². The van der Waals surface area contributed by atoms with Gasteiger partial charge in [-0.3, -0.25) is 4.79 Å². The molecule has 3 heteroatoms. The van der Waals surface area contributed by atoms with Gasteiger partial charge in [-0.15, -0.1) is 0 Å². The Balaban J connectivity index is 3.52. The third-order valence-corrected chi connectivity index (χ3v) is 1.57. The second kappa shape index (κ2) is 8.26. The fourth-order valence-corrected chi connectivity index (χ4v) is 0.865. The van der Waals surface area contributed by atoms with E-state index in [0.29, 0.717) is 26.1 Å². The van der Waals surface area contributed by atoms with E-state index in [0.717, 1.165) is 5.57 Å². The molecule has 3 nitrogen and oxygen atoms in total. The predicted molar refractivity (Wildman–Crippen MR) is 57.7 cm³/mol. The summed E-state index contributed by atoms with van der Waals surface area (Å²) >= 11 is 0. The van der Waals surface area contributed by atoms with Gasteiger partial charge in [0.05, 0.1) is 6.61 Å². The number of amides is 1. The largest absolute Gasteiger partial charge is 0.377 e. The zero-order valence-electron chi connectivity index (χ0n) is 8.37. The first kappa shape index (κ1) is 12.7. The number of hydrogen-bond acceptors (Lipinski definition) is 2. The quantitative estimate of drug-likeness (QED) is 0.472. The van der Waals surface area contributed by atoms with Gasteiger partial charge in [-0.2, -0.15) is 0 Å². The highest BCUT2D eigenvalue weighted by molar-refractivity contribution is 5.73. The highest BCUT2D eigenvalue weighted by atomic mass is 16.5. The molecule has 0 rings (SSSR count). The van der Waals surface area contributed by atoms with E-state index in [2.05, 4.69) is 13.2 Å². The molecule has 0 unspecified atom stereocenters. The van der Waals surface area contributed by atoms with Crippen molar-refractivity contribution in [3.05, 3.63) is 37.0 Å². The lowest BCUT2D eigenvalue weighted by atomic mass is 10.2. The molecule has 0 spiro atoms. The second-order valence-electron chi connectivity index (χ2n) is 2.80. The lowest BCUT2D eigenvalue weighted by Crippen LogP contribution is -2.11. The molecule has 0 aliphatic carbocycles. The van der Waals surface area contributed by atoms with Crippen LogP contribution >= 0.6 is 0 Å². The van der Waals surface area contributed by atoms with Crippen LogP contribution in [0.2, 0.25) is 0 Å². The second-order valence-corrected chi connectivity index (χ2v) is 2.80. The molecular weight excluding hydrogens is 178 g/mol. The lowest BCUT2D eigenvalue weighted by molar-refractivity contribution is -0.118. The van der Waals surface area contributed by atoms with Gasteiger partial charge in [0.2, 0.25) is 5.91 Å². The van der Waals surface area contributed by atoms with E-state index < -0.39 is 0 Å². The lowest BCUT2D eigenvalue weighted by Gasteiger charge is -2.03. The monoisotopic (exact) mass is 195 g/mol. The zero-order valence-corrected chi connectivity index (χ0v) is 8.37. The molecule has 14 heavy (non-hydrogen) atoms. The summed E-state index contributed by atoms with van der Waals surface area (Å²) in [6, 6.07) is 0. The Morgan fingerprint density at radius 3 is 2.64 bits per heavy atom. The van der Waals surface area contributed by atoms with Crippen LogP contribution in [0.1, 0.15) is 12.8 Å². The molecule has 0 aliphatic heterocycles. The molecule has 1 amide bonds. The first-order valence-electron chi connectivity index (χ1n) is 4.50. The highest BCUT2D eigenvalue weighted by Crippen LogP contribution is 1.98. The smallest absolute Gasteiger partial charge is 0.217 e. The zero-order chi connectivity index (χ0) is 10.8. The highest BCUT2D eigenvalue weighted by Gasteiger charge is 1.95. The van der Waals surface area contributed by atoms with E-state index >= 15 is 0 Å². The summed E-state index contributed by atoms with van der Waals surface area (Å²) in [6.07, 6.45) is 6.27. The summed E-state index contributed by atoms with van der Waals surface area (Å²) in [5, 5.41) is 0. The first-order valence-corrected chi connectivity index (χ1v) is 4.50. The fourth-order valence-electron chi connectivity index (χ4n) is 0.865. The minimum absolute atomic E-state index is 0.292. The Kier molecular flexibility index (Phi) is 7.46. The average molecular weight is 195 g/mol. The molecule has 0 saturated carbocycles. The van der Waals surface area contributed by atoms with Crippen molar-refractivity contribution >= 4 is 5.91 Å². The van der Waals surface area contributed by atoms with Gasteiger partial charge < -0.3 is 10.5 Å². The Hall–Kier alpha value is -1.35. The van der Waals surface area contributed by atoms with Crippen molar-refractivity contribution in [3.8, 4) is 0 Å². The van der Waals surface area contributed by atoms with Gasteiger partial charge in [-0.25, -0.2) is 0 Å². The van der Waals surface area contributed by atoms with E-state index in [1.54, 1.807) is 12.2 Å². The fraction of sp³-hybridized carbons (Fsp3) is 0.364. The first-order chi connectivity index (χ1) is 6.70. The van der Waals surface area contributed by atoms with Crippen molar-refractivity contribution in [3.63, 3.8) is 0 Å². The van der Waals surface area contributed by atoms with Crippen LogP contribution in [-0.4, -0.2) is 19.1 Å². The molecule has 2 N–H and O–H groups in total. The number of primary amides is 1. The summed E-state index contributed by atoms with van der Waals surface area (Å²) in [6.45, 7) is 8.24. The van der Waals surface area contributed by atoms with E-state index in [1.165, 1.54) is 0 Å². The van der Waals surface area contributed by atoms with Gasteiger partial charge in [0.15, 0.2) is 0 Å². The molecular formula is C11H17NO2. The maximum absolute atomic E-state index is 10.4. The van der Waals surface area contributed by atoms with Crippen molar-refractivity contribution in [2.24, 2.45) is 5.73 Å². The maximum atomic E-state index is 10.4. The molecule has 0 heterocycles. The van der Waals surface area contributed by atoms with Gasteiger partial charge in [-0.05, 0) is 12.0 Å².